The Morgan fingerprint density at radius 2 is 1.96 bits per heavy atom. The molecule has 8 heteroatoms. The number of hydrogen-bond donors (Lipinski definition) is 2. The molecule has 0 amide bonds. The first-order valence-electron chi connectivity index (χ1n) is 8.63. The predicted octanol–water partition coefficient (Wildman–Crippen LogP) is 2.07. The van der Waals surface area contributed by atoms with Crippen LogP contribution >= 0.6 is 0 Å². The Balaban J connectivity index is 2.62. The lowest BCUT2D eigenvalue weighted by molar-refractivity contribution is 0.372. The highest BCUT2D eigenvalue weighted by atomic mass is 32.2. The smallest absolute Gasteiger partial charge is 0.191 e. The third kappa shape index (κ3) is 6.90. The Morgan fingerprint density at radius 3 is 2.54 bits per heavy atom. The van der Waals surface area contributed by atoms with Crippen LogP contribution in [0, 0.1) is 0 Å². The SMILES string of the molecule is CCNC(=NCc1cc(C(CC)CC)no1)NCCS(=O)(=O)CC. The number of nitrogens with zero attached hydrogens (tertiary/aromatic N) is 2. The van der Waals surface area contributed by atoms with Crippen LogP contribution in [-0.4, -0.2) is 44.1 Å². The van der Waals surface area contributed by atoms with E-state index in [1.54, 1.807) is 6.92 Å². The van der Waals surface area contributed by atoms with E-state index in [-0.39, 0.29) is 11.5 Å². The van der Waals surface area contributed by atoms with Crippen LogP contribution in [0.2, 0.25) is 0 Å². The molecule has 0 saturated heterocycles. The van der Waals surface area contributed by atoms with Gasteiger partial charge >= 0.3 is 0 Å². The van der Waals surface area contributed by atoms with Crippen molar-refractivity contribution in [2.45, 2.75) is 53.0 Å². The molecular weight excluding hydrogens is 328 g/mol. The van der Waals surface area contributed by atoms with E-state index in [1.165, 1.54) is 0 Å². The summed E-state index contributed by atoms with van der Waals surface area (Å²) in [5.74, 6) is 1.94. The zero-order valence-electron chi connectivity index (χ0n) is 15.1. The van der Waals surface area contributed by atoms with Crippen LogP contribution in [0.1, 0.15) is 57.9 Å². The molecular formula is C16H30N4O3S. The maximum atomic E-state index is 11.5. The fraction of sp³-hybridized carbons (Fsp3) is 0.750. The topological polar surface area (TPSA) is 96.6 Å². The van der Waals surface area contributed by atoms with Crippen molar-refractivity contribution in [1.29, 1.82) is 0 Å². The molecule has 0 atom stereocenters. The molecule has 1 rings (SSSR count). The zero-order valence-corrected chi connectivity index (χ0v) is 15.9. The first-order valence-corrected chi connectivity index (χ1v) is 10.5. The van der Waals surface area contributed by atoms with Crippen LogP contribution in [0.15, 0.2) is 15.6 Å². The number of rotatable bonds is 10. The van der Waals surface area contributed by atoms with Gasteiger partial charge in [-0.1, -0.05) is 25.9 Å². The van der Waals surface area contributed by atoms with Crippen molar-refractivity contribution < 1.29 is 12.9 Å². The molecule has 0 aliphatic rings. The summed E-state index contributed by atoms with van der Waals surface area (Å²) in [4.78, 5) is 4.42. The van der Waals surface area contributed by atoms with Gasteiger partial charge in [-0.3, -0.25) is 0 Å². The maximum Gasteiger partial charge on any atom is 0.191 e. The predicted molar refractivity (Wildman–Crippen MR) is 97.0 cm³/mol. The summed E-state index contributed by atoms with van der Waals surface area (Å²) < 4.78 is 28.4. The van der Waals surface area contributed by atoms with E-state index < -0.39 is 9.84 Å². The first kappa shape index (κ1) is 20.5. The molecule has 1 heterocycles. The van der Waals surface area contributed by atoms with Gasteiger partial charge in [0, 0.05) is 30.8 Å². The number of sulfone groups is 1. The van der Waals surface area contributed by atoms with Crippen LogP contribution in [0.3, 0.4) is 0 Å². The van der Waals surface area contributed by atoms with Gasteiger partial charge in [0.2, 0.25) is 0 Å². The number of nitrogens with one attached hydrogen (secondary N) is 2. The van der Waals surface area contributed by atoms with Gasteiger partial charge in [0.1, 0.15) is 6.54 Å². The first-order chi connectivity index (χ1) is 11.5. The number of guanidine groups is 1. The van der Waals surface area contributed by atoms with Crippen molar-refractivity contribution in [3.05, 3.63) is 17.5 Å². The van der Waals surface area contributed by atoms with Crippen LogP contribution in [0.4, 0.5) is 0 Å². The number of aromatic nitrogens is 1. The van der Waals surface area contributed by atoms with Gasteiger partial charge in [-0.15, -0.1) is 0 Å². The molecule has 24 heavy (non-hydrogen) atoms. The fourth-order valence-corrected chi connectivity index (χ4v) is 2.97. The van der Waals surface area contributed by atoms with Gasteiger partial charge in [-0.2, -0.15) is 0 Å². The van der Waals surface area contributed by atoms with E-state index in [4.69, 9.17) is 4.52 Å². The quantitative estimate of drug-likeness (QED) is 0.491. The molecule has 0 unspecified atom stereocenters. The molecule has 7 nitrogen and oxygen atoms in total. The molecule has 0 radical (unpaired) electrons. The highest BCUT2D eigenvalue weighted by Crippen LogP contribution is 2.22. The second-order valence-electron chi connectivity index (χ2n) is 5.59. The second kappa shape index (κ2) is 10.3. The van der Waals surface area contributed by atoms with Gasteiger partial charge in [-0.25, -0.2) is 13.4 Å². The molecule has 0 saturated carbocycles. The lowest BCUT2D eigenvalue weighted by Crippen LogP contribution is -2.39. The Kier molecular flexibility index (Phi) is 8.81. The Bertz CT molecular complexity index is 607. The summed E-state index contributed by atoms with van der Waals surface area (Å²) in [6, 6.07) is 1.95. The molecule has 138 valence electrons. The van der Waals surface area contributed by atoms with Gasteiger partial charge < -0.3 is 15.2 Å². The summed E-state index contributed by atoms with van der Waals surface area (Å²) in [6.45, 7) is 9.27. The van der Waals surface area contributed by atoms with E-state index in [2.05, 4.69) is 34.6 Å². The van der Waals surface area contributed by atoms with Crippen molar-refractivity contribution in [2.75, 3.05) is 24.6 Å². The monoisotopic (exact) mass is 358 g/mol. The van der Waals surface area contributed by atoms with Crippen molar-refractivity contribution in [2.24, 2.45) is 4.99 Å². The largest absolute Gasteiger partial charge is 0.359 e. The van der Waals surface area contributed by atoms with Gasteiger partial charge in [0.15, 0.2) is 21.6 Å². The van der Waals surface area contributed by atoms with Crippen molar-refractivity contribution in [1.82, 2.24) is 15.8 Å². The number of aliphatic imine (C=N–C) groups is 1. The van der Waals surface area contributed by atoms with Gasteiger partial charge in [0.25, 0.3) is 0 Å². The third-order valence-electron chi connectivity index (χ3n) is 3.86. The van der Waals surface area contributed by atoms with Gasteiger partial charge in [0.05, 0.1) is 11.4 Å². The average molecular weight is 359 g/mol. The van der Waals surface area contributed by atoms with E-state index in [1.807, 2.05) is 13.0 Å². The summed E-state index contributed by atoms with van der Waals surface area (Å²) in [7, 11) is -2.98. The van der Waals surface area contributed by atoms with E-state index in [0.29, 0.717) is 37.3 Å². The van der Waals surface area contributed by atoms with Crippen LogP contribution < -0.4 is 10.6 Å². The zero-order chi connectivity index (χ0) is 18.0. The minimum atomic E-state index is -2.98. The Morgan fingerprint density at radius 1 is 1.25 bits per heavy atom. The molecule has 0 bridgehead atoms. The summed E-state index contributed by atoms with van der Waals surface area (Å²) in [5, 5.41) is 10.2. The molecule has 1 aromatic heterocycles. The fourth-order valence-electron chi connectivity index (χ4n) is 2.27. The second-order valence-corrected chi connectivity index (χ2v) is 8.06. The highest BCUT2D eigenvalue weighted by molar-refractivity contribution is 7.91. The van der Waals surface area contributed by atoms with Gasteiger partial charge in [-0.05, 0) is 19.8 Å². The van der Waals surface area contributed by atoms with Crippen LogP contribution in [-0.2, 0) is 16.4 Å². The van der Waals surface area contributed by atoms with Crippen molar-refractivity contribution in [3.8, 4) is 0 Å². The summed E-state index contributed by atoms with van der Waals surface area (Å²) >= 11 is 0. The van der Waals surface area contributed by atoms with E-state index in [9.17, 15) is 8.42 Å². The summed E-state index contributed by atoms with van der Waals surface area (Å²) in [5.41, 5.74) is 0.970. The van der Waals surface area contributed by atoms with E-state index in [0.717, 1.165) is 18.5 Å². The molecule has 0 aromatic carbocycles. The lowest BCUT2D eigenvalue weighted by atomic mass is 9.99. The van der Waals surface area contributed by atoms with Crippen molar-refractivity contribution in [3.63, 3.8) is 0 Å². The summed E-state index contributed by atoms with van der Waals surface area (Å²) in [6.07, 6.45) is 2.06. The van der Waals surface area contributed by atoms with E-state index >= 15 is 0 Å². The molecule has 2 N–H and O–H groups in total. The molecule has 0 spiro atoms. The van der Waals surface area contributed by atoms with Crippen molar-refractivity contribution >= 4 is 15.8 Å². The Labute approximate surface area is 145 Å². The maximum absolute atomic E-state index is 11.5. The molecule has 0 fully saturated rings. The number of hydrogen-bond acceptors (Lipinski definition) is 5. The third-order valence-corrected chi connectivity index (χ3v) is 5.57. The minimum absolute atomic E-state index is 0.0923. The standard InChI is InChI=1S/C16H30N4O3S/c1-5-13(6-2)15-11-14(23-20-15)12-19-16(17-7-3)18-9-10-24(21,22)8-4/h11,13H,5-10,12H2,1-4H3,(H2,17,18,19). The average Bonchev–Trinajstić information content (AvgIpc) is 3.02. The molecule has 1 aromatic rings. The minimum Gasteiger partial charge on any atom is -0.359 e. The van der Waals surface area contributed by atoms with Crippen LogP contribution in [0.5, 0.6) is 0 Å². The molecule has 0 aliphatic carbocycles. The highest BCUT2D eigenvalue weighted by Gasteiger charge is 2.13. The Hall–Kier alpha value is -1.57. The van der Waals surface area contributed by atoms with Crippen LogP contribution in [0.25, 0.3) is 0 Å². The normalized spacial score (nSPS) is 12.6. The molecule has 0 aliphatic heterocycles. The lowest BCUT2D eigenvalue weighted by Gasteiger charge is -2.10.